The van der Waals surface area contributed by atoms with Gasteiger partial charge in [-0.25, -0.2) is 0 Å². The zero-order chi connectivity index (χ0) is 19.8. The molecule has 2 aliphatic rings. The van der Waals surface area contributed by atoms with Crippen LogP contribution in [0.1, 0.15) is 83.3 Å². The predicted octanol–water partition coefficient (Wildman–Crippen LogP) is 5.45. The van der Waals surface area contributed by atoms with Crippen molar-refractivity contribution in [2.24, 2.45) is 5.92 Å². The number of esters is 1. The first-order chi connectivity index (χ1) is 12.7. The molecule has 0 amide bonds. The smallest absolute Gasteiger partial charge is 0.313 e. The van der Waals surface area contributed by atoms with E-state index in [1.807, 2.05) is 13.0 Å². The maximum Gasteiger partial charge on any atom is 0.313 e. The largest absolute Gasteiger partial charge is 0.508 e. The van der Waals surface area contributed by atoms with Crippen molar-refractivity contribution in [3.63, 3.8) is 0 Å². The molecule has 3 rings (SSSR count). The van der Waals surface area contributed by atoms with Crippen molar-refractivity contribution in [1.82, 2.24) is 0 Å². The minimum absolute atomic E-state index is 0.232. The number of hydrogen-bond donors (Lipinski definition) is 1. The number of carbonyl (C=O) groups excluding carboxylic acids is 1. The molecule has 0 spiro atoms. The molecule has 1 aliphatic carbocycles. The molecule has 0 fully saturated rings. The lowest BCUT2D eigenvalue weighted by molar-refractivity contribution is -0.145. The summed E-state index contributed by atoms with van der Waals surface area (Å²) in [4.78, 5) is 12.3. The Balaban J connectivity index is 1.92. The first-order valence-corrected chi connectivity index (χ1v) is 10.1. The molecule has 0 radical (unpaired) electrons. The quantitative estimate of drug-likeness (QED) is 0.424. The third kappa shape index (κ3) is 3.85. The Bertz CT molecular complexity index is 747. The Hall–Kier alpha value is -1.97. The summed E-state index contributed by atoms with van der Waals surface area (Å²) in [5.41, 5.74) is 2.67. The van der Waals surface area contributed by atoms with Crippen molar-refractivity contribution < 1.29 is 19.4 Å². The van der Waals surface area contributed by atoms with Crippen LogP contribution in [0.15, 0.2) is 23.8 Å². The van der Waals surface area contributed by atoms with Gasteiger partial charge in [-0.1, -0.05) is 25.0 Å². The number of hydrogen-bond acceptors (Lipinski definition) is 4. The number of rotatable bonds is 5. The number of phenolic OH excluding ortho intramolecular Hbond substituents is 1. The van der Waals surface area contributed by atoms with Crippen molar-refractivity contribution in [1.29, 1.82) is 0 Å². The van der Waals surface area contributed by atoms with Crippen LogP contribution in [0.4, 0.5) is 0 Å². The normalized spacial score (nSPS) is 24.1. The number of unbranched alkanes of at least 4 members (excludes halogenated alkanes) is 1. The third-order valence-electron chi connectivity index (χ3n) is 6.12. The van der Waals surface area contributed by atoms with E-state index in [1.54, 1.807) is 6.07 Å². The van der Waals surface area contributed by atoms with Gasteiger partial charge < -0.3 is 14.6 Å². The summed E-state index contributed by atoms with van der Waals surface area (Å²) in [6.45, 7) is 10.7. The maximum atomic E-state index is 12.3. The van der Waals surface area contributed by atoms with Crippen molar-refractivity contribution in [3.05, 3.63) is 34.9 Å². The molecule has 0 aromatic heterocycles. The number of allylic oxidation sites excluding steroid dienone is 2. The Labute approximate surface area is 162 Å². The van der Waals surface area contributed by atoms with E-state index in [0.29, 0.717) is 18.3 Å². The molecule has 1 aliphatic heterocycles. The van der Waals surface area contributed by atoms with Crippen LogP contribution in [0.3, 0.4) is 0 Å². The average Bonchev–Trinajstić information content (AvgIpc) is 2.59. The number of ether oxygens (including phenoxy) is 2. The highest BCUT2D eigenvalue weighted by Gasteiger charge is 2.45. The second-order valence-electron chi connectivity index (χ2n) is 8.60. The molecule has 0 bridgehead atoms. The molecule has 1 aromatic carbocycles. The summed E-state index contributed by atoms with van der Waals surface area (Å²) in [7, 11) is 0. The predicted molar refractivity (Wildman–Crippen MR) is 106 cm³/mol. The topological polar surface area (TPSA) is 55.8 Å². The summed E-state index contributed by atoms with van der Waals surface area (Å²) in [5.74, 6) is 0.828. The molecule has 1 N–H and O–H groups in total. The SMILES string of the molecule is CCCCOC(=O)[C@H](C)c1cc(O)c2c(c1)OC(C)(C)C1CC=C(C)C[C@@H]21. The minimum Gasteiger partial charge on any atom is -0.508 e. The Morgan fingerprint density at radius 3 is 2.85 bits per heavy atom. The number of fused-ring (bicyclic) bond motifs is 3. The van der Waals surface area contributed by atoms with E-state index >= 15 is 0 Å². The Morgan fingerprint density at radius 2 is 2.15 bits per heavy atom. The van der Waals surface area contributed by atoms with Crippen LogP contribution in [0.2, 0.25) is 0 Å². The summed E-state index contributed by atoms with van der Waals surface area (Å²) < 4.78 is 11.7. The molecule has 1 heterocycles. The molecule has 3 atom stereocenters. The highest BCUT2D eigenvalue weighted by Crippen LogP contribution is 2.54. The van der Waals surface area contributed by atoms with Crippen molar-refractivity contribution in [2.75, 3.05) is 6.61 Å². The maximum absolute atomic E-state index is 12.3. The van der Waals surface area contributed by atoms with Crippen LogP contribution in [-0.2, 0) is 9.53 Å². The van der Waals surface area contributed by atoms with Gasteiger partial charge in [0, 0.05) is 17.4 Å². The van der Waals surface area contributed by atoms with Gasteiger partial charge in [-0.3, -0.25) is 4.79 Å². The van der Waals surface area contributed by atoms with Crippen molar-refractivity contribution >= 4 is 5.97 Å². The van der Waals surface area contributed by atoms with E-state index in [1.165, 1.54) is 5.57 Å². The molecule has 1 aromatic rings. The Kier molecular flexibility index (Phi) is 5.55. The van der Waals surface area contributed by atoms with Crippen LogP contribution < -0.4 is 4.74 Å². The summed E-state index contributed by atoms with van der Waals surface area (Å²) >= 11 is 0. The number of benzene rings is 1. The third-order valence-corrected chi connectivity index (χ3v) is 6.12. The van der Waals surface area contributed by atoms with Gasteiger partial charge >= 0.3 is 5.97 Å². The molecular formula is C23H32O4. The van der Waals surface area contributed by atoms with Gasteiger partial charge in [0.05, 0.1) is 12.5 Å². The van der Waals surface area contributed by atoms with E-state index in [9.17, 15) is 9.90 Å². The van der Waals surface area contributed by atoms with E-state index in [0.717, 1.165) is 36.8 Å². The van der Waals surface area contributed by atoms with Gasteiger partial charge in [0.1, 0.15) is 17.1 Å². The fourth-order valence-electron chi connectivity index (χ4n) is 4.41. The molecule has 1 unspecified atom stereocenters. The molecule has 0 saturated heterocycles. The lowest BCUT2D eigenvalue weighted by Crippen LogP contribution is -2.45. The second kappa shape index (κ2) is 7.57. The fraction of sp³-hybridized carbons (Fsp3) is 0.609. The second-order valence-corrected chi connectivity index (χ2v) is 8.60. The lowest BCUT2D eigenvalue weighted by Gasteiger charge is -2.47. The van der Waals surface area contributed by atoms with Crippen LogP contribution in [-0.4, -0.2) is 23.3 Å². The Morgan fingerprint density at radius 1 is 1.41 bits per heavy atom. The minimum atomic E-state index is -0.435. The number of aromatic hydroxyl groups is 1. The lowest BCUT2D eigenvalue weighted by atomic mass is 9.67. The van der Waals surface area contributed by atoms with Gasteiger partial charge in [0.15, 0.2) is 0 Å². The van der Waals surface area contributed by atoms with E-state index in [2.05, 4.69) is 33.8 Å². The molecule has 27 heavy (non-hydrogen) atoms. The van der Waals surface area contributed by atoms with Crippen LogP contribution in [0, 0.1) is 5.92 Å². The molecule has 148 valence electrons. The van der Waals surface area contributed by atoms with Crippen LogP contribution in [0.5, 0.6) is 11.5 Å². The zero-order valence-electron chi connectivity index (χ0n) is 17.2. The van der Waals surface area contributed by atoms with Gasteiger partial charge in [0.2, 0.25) is 0 Å². The standard InChI is InChI=1S/C23H32O4/c1-6-7-10-26-22(25)15(3)16-12-19(24)21-17-11-14(2)8-9-18(17)23(4,5)27-20(21)13-16/h8,12-13,15,17-18,24H,6-7,9-11H2,1-5H3/t15-,17-,18?/m1/s1. The summed E-state index contributed by atoms with van der Waals surface area (Å²) in [5, 5.41) is 10.8. The van der Waals surface area contributed by atoms with Crippen LogP contribution >= 0.6 is 0 Å². The number of carbonyl (C=O) groups is 1. The molecule has 0 saturated carbocycles. The number of phenols is 1. The van der Waals surface area contributed by atoms with Gasteiger partial charge in [0.25, 0.3) is 0 Å². The van der Waals surface area contributed by atoms with E-state index < -0.39 is 5.92 Å². The monoisotopic (exact) mass is 372 g/mol. The van der Waals surface area contributed by atoms with E-state index in [-0.39, 0.29) is 23.2 Å². The first-order valence-electron chi connectivity index (χ1n) is 10.1. The zero-order valence-corrected chi connectivity index (χ0v) is 17.2. The fourth-order valence-corrected chi connectivity index (χ4v) is 4.41. The molecular weight excluding hydrogens is 340 g/mol. The summed E-state index contributed by atoms with van der Waals surface area (Å²) in [6.07, 6.45) is 6.04. The van der Waals surface area contributed by atoms with Crippen molar-refractivity contribution in [2.45, 2.75) is 77.7 Å². The summed E-state index contributed by atoms with van der Waals surface area (Å²) in [6, 6.07) is 3.64. The molecule has 4 heteroatoms. The van der Waals surface area contributed by atoms with Gasteiger partial charge in [-0.15, -0.1) is 0 Å². The highest BCUT2D eigenvalue weighted by atomic mass is 16.5. The van der Waals surface area contributed by atoms with E-state index in [4.69, 9.17) is 9.47 Å². The van der Waals surface area contributed by atoms with Crippen LogP contribution in [0.25, 0.3) is 0 Å². The first kappa shape index (κ1) is 19.8. The highest BCUT2D eigenvalue weighted by molar-refractivity contribution is 5.78. The van der Waals surface area contributed by atoms with Gasteiger partial charge in [-0.05, 0) is 64.7 Å². The van der Waals surface area contributed by atoms with Gasteiger partial charge in [-0.2, -0.15) is 0 Å². The van der Waals surface area contributed by atoms with Crippen molar-refractivity contribution in [3.8, 4) is 11.5 Å². The molecule has 4 nitrogen and oxygen atoms in total. The average molecular weight is 373 g/mol.